The summed E-state index contributed by atoms with van der Waals surface area (Å²) in [7, 11) is 2.06. The Balaban J connectivity index is 0.00000364. The maximum atomic E-state index is 10.7. The Kier molecular flexibility index (Phi) is 9.25. The van der Waals surface area contributed by atoms with Gasteiger partial charge in [0.15, 0.2) is 0 Å². The zero-order valence-corrected chi connectivity index (χ0v) is 18.3. The van der Waals surface area contributed by atoms with Crippen LogP contribution in [0.5, 0.6) is 11.5 Å². The van der Waals surface area contributed by atoms with Gasteiger partial charge in [-0.25, -0.2) is 0 Å². The van der Waals surface area contributed by atoms with E-state index in [9.17, 15) is 10.2 Å². The molecule has 1 aromatic rings. The molecule has 3 nitrogen and oxygen atoms in total. The monoisotopic (exact) mass is 393 g/mol. The molecule has 4 heteroatoms. The second-order valence-corrected chi connectivity index (χ2v) is 7.75. The third kappa shape index (κ3) is 5.68. The second-order valence-electron chi connectivity index (χ2n) is 7.75. The maximum Gasteiger partial charge on any atom is 0.127 e. The van der Waals surface area contributed by atoms with Crippen LogP contribution in [0.25, 0.3) is 5.57 Å². The van der Waals surface area contributed by atoms with Gasteiger partial charge in [-0.1, -0.05) is 52.5 Å². The average Bonchev–Trinajstić information content (AvgIpc) is 2.61. The average molecular weight is 394 g/mol. The Bertz CT molecular complexity index is 658. The predicted octanol–water partition coefficient (Wildman–Crippen LogP) is 6.46. The summed E-state index contributed by atoms with van der Waals surface area (Å²) in [6.07, 6.45) is 9.86. The molecule has 0 aromatic heterocycles. The molecule has 2 atom stereocenters. The van der Waals surface area contributed by atoms with Crippen molar-refractivity contribution in [2.45, 2.75) is 65.7 Å². The Morgan fingerprint density at radius 3 is 2.33 bits per heavy atom. The van der Waals surface area contributed by atoms with Gasteiger partial charge in [0.1, 0.15) is 11.5 Å². The van der Waals surface area contributed by atoms with E-state index in [2.05, 4.69) is 44.9 Å². The van der Waals surface area contributed by atoms with Crippen LogP contribution in [0.15, 0.2) is 30.0 Å². The third-order valence-corrected chi connectivity index (χ3v) is 5.86. The Hall–Kier alpha value is -1.61. The first kappa shape index (κ1) is 23.4. The van der Waals surface area contributed by atoms with Crippen molar-refractivity contribution >= 4 is 18.0 Å². The van der Waals surface area contributed by atoms with Crippen molar-refractivity contribution in [2.75, 3.05) is 13.6 Å². The molecule has 0 spiro atoms. The fourth-order valence-corrected chi connectivity index (χ4v) is 3.80. The summed E-state index contributed by atoms with van der Waals surface area (Å²) >= 11 is 0. The van der Waals surface area contributed by atoms with Gasteiger partial charge in [0.05, 0.1) is 5.56 Å². The molecule has 1 aliphatic rings. The van der Waals surface area contributed by atoms with Crippen molar-refractivity contribution in [2.24, 2.45) is 5.92 Å². The van der Waals surface area contributed by atoms with Crippen molar-refractivity contribution in [3.05, 3.63) is 41.1 Å². The molecular formula is C23H36ClNO2. The lowest BCUT2D eigenvalue weighted by atomic mass is 9.84. The van der Waals surface area contributed by atoms with E-state index in [-0.39, 0.29) is 23.9 Å². The number of phenols is 2. The second kappa shape index (κ2) is 10.7. The van der Waals surface area contributed by atoms with E-state index in [1.807, 2.05) is 19.1 Å². The lowest BCUT2D eigenvalue weighted by Gasteiger charge is -2.28. The number of halogens is 1. The van der Waals surface area contributed by atoms with Gasteiger partial charge in [-0.3, -0.25) is 0 Å². The first-order valence-electron chi connectivity index (χ1n) is 10.0. The van der Waals surface area contributed by atoms with Crippen LogP contribution in [-0.2, 0) is 0 Å². The van der Waals surface area contributed by atoms with E-state index >= 15 is 0 Å². The maximum absolute atomic E-state index is 10.7. The van der Waals surface area contributed by atoms with Crippen molar-refractivity contribution < 1.29 is 10.2 Å². The Morgan fingerprint density at radius 2 is 1.78 bits per heavy atom. The van der Waals surface area contributed by atoms with Gasteiger partial charge in [-0.05, 0) is 54.5 Å². The topological polar surface area (TPSA) is 43.7 Å². The number of benzene rings is 1. The van der Waals surface area contributed by atoms with E-state index in [1.165, 1.54) is 25.7 Å². The fraction of sp³-hybridized carbons (Fsp3) is 0.565. The molecule has 2 unspecified atom stereocenters. The van der Waals surface area contributed by atoms with Crippen LogP contribution in [-0.4, -0.2) is 28.7 Å². The van der Waals surface area contributed by atoms with Gasteiger partial charge in [0, 0.05) is 19.3 Å². The molecule has 152 valence electrons. The minimum atomic E-state index is 0. The summed E-state index contributed by atoms with van der Waals surface area (Å²) in [5, 5.41) is 21.3. The van der Waals surface area contributed by atoms with Crippen LogP contribution in [0.1, 0.15) is 76.8 Å². The molecule has 0 saturated heterocycles. The molecule has 0 saturated carbocycles. The van der Waals surface area contributed by atoms with E-state index in [1.54, 1.807) is 0 Å². The van der Waals surface area contributed by atoms with E-state index in [0.29, 0.717) is 17.4 Å². The number of hydrogen-bond donors (Lipinski definition) is 2. The summed E-state index contributed by atoms with van der Waals surface area (Å²) in [6, 6.07) is 3.70. The van der Waals surface area contributed by atoms with Gasteiger partial charge in [0.2, 0.25) is 0 Å². The van der Waals surface area contributed by atoms with Crippen LogP contribution in [0.3, 0.4) is 0 Å². The van der Waals surface area contributed by atoms with E-state index in [4.69, 9.17) is 0 Å². The number of allylic oxidation sites excluding steroid dienone is 2. The summed E-state index contributed by atoms with van der Waals surface area (Å²) in [6.45, 7) is 9.57. The Labute approximate surface area is 171 Å². The molecule has 0 radical (unpaired) electrons. The van der Waals surface area contributed by atoms with Crippen molar-refractivity contribution in [3.63, 3.8) is 0 Å². The van der Waals surface area contributed by atoms with Crippen molar-refractivity contribution in [3.8, 4) is 11.5 Å². The van der Waals surface area contributed by atoms with Crippen molar-refractivity contribution in [1.29, 1.82) is 0 Å². The number of nitrogens with zero attached hydrogens (tertiary/aromatic N) is 1. The van der Waals surface area contributed by atoms with E-state index in [0.717, 1.165) is 29.8 Å². The predicted molar refractivity (Wildman–Crippen MR) is 118 cm³/mol. The highest BCUT2D eigenvalue weighted by molar-refractivity contribution is 5.85. The molecule has 0 bridgehead atoms. The minimum Gasteiger partial charge on any atom is -0.507 e. The largest absolute Gasteiger partial charge is 0.507 e. The van der Waals surface area contributed by atoms with Crippen LogP contribution in [0, 0.1) is 5.92 Å². The summed E-state index contributed by atoms with van der Waals surface area (Å²) in [4.78, 5) is 2.19. The highest BCUT2D eigenvalue weighted by Gasteiger charge is 2.22. The number of phenolic OH excluding ortho intramolecular Hbond substituents is 2. The van der Waals surface area contributed by atoms with Gasteiger partial charge in [-0.15, -0.1) is 12.4 Å². The SMILES string of the molecule is CC=C1C=C(c2c(O)cc(C(C)C(C)CCCCC)cc2O)CCN1C.Cl. The first-order valence-corrected chi connectivity index (χ1v) is 10.0. The smallest absolute Gasteiger partial charge is 0.127 e. The number of hydrogen-bond acceptors (Lipinski definition) is 3. The van der Waals surface area contributed by atoms with Crippen LogP contribution in [0.4, 0.5) is 0 Å². The molecular weight excluding hydrogens is 358 g/mol. The highest BCUT2D eigenvalue weighted by Crippen LogP contribution is 2.41. The van der Waals surface area contributed by atoms with Gasteiger partial charge >= 0.3 is 0 Å². The van der Waals surface area contributed by atoms with Gasteiger partial charge in [-0.2, -0.15) is 0 Å². The van der Waals surface area contributed by atoms with Crippen LogP contribution >= 0.6 is 12.4 Å². The molecule has 0 fully saturated rings. The molecule has 2 rings (SSSR count). The molecule has 27 heavy (non-hydrogen) atoms. The summed E-state index contributed by atoms with van der Waals surface area (Å²) < 4.78 is 0. The minimum absolute atomic E-state index is 0. The summed E-state index contributed by atoms with van der Waals surface area (Å²) in [5.74, 6) is 1.23. The van der Waals surface area contributed by atoms with Gasteiger partial charge in [0.25, 0.3) is 0 Å². The molecule has 1 heterocycles. The molecule has 2 N–H and O–H groups in total. The van der Waals surface area contributed by atoms with Gasteiger partial charge < -0.3 is 15.1 Å². The lowest BCUT2D eigenvalue weighted by molar-refractivity contribution is 0.415. The van der Waals surface area contributed by atoms with Crippen LogP contribution < -0.4 is 0 Å². The fourth-order valence-electron chi connectivity index (χ4n) is 3.80. The normalized spacial score (nSPS) is 18.0. The standard InChI is InChI=1S/C23H35NO2.ClH/c1-6-8-9-10-16(3)17(4)19-14-21(25)23(22(26)15-19)18-11-12-24(5)20(7-2)13-18;/h7,13-17,25-26H,6,8-12H2,1-5H3;1H. The van der Waals surface area contributed by atoms with E-state index < -0.39 is 0 Å². The zero-order chi connectivity index (χ0) is 19.3. The molecule has 0 amide bonds. The first-order chi connectivity index (χ1) is 12.4. The quantitative estimate of drug-likeness (QED) is 0.522. The van der Waals surface area contributed by atoms with Crippen LogP contribution in [0.2, 0.25) is 0 Å². The number of rotatable bonds is 7. The molecule has 0 aliphatic carbocycles. The number of likely N-dealkylation sites (N-methyl/N-ethyl adjacent to an activating group) is 1. The third-order valence-electron chi connectivity index (χ3n) is 5.86. The molecule has 1 aliphatic heterocycles. The molecule has 1 aromatic carbocycles. The number of unbranched alkanes of at least 4 members (excludes halogenated alkanes) is 2. The number of aromatic hydroxyl groups is 2. The van der Waals surface area contributed by atoms with Crippen molar-refractivity contribution in [1.82, 2.24) is 4.90 Å². The highest BCUT2D eigenvalue weighted by atomic mass is 35.5. The lowest BCUT2D eigenvalue weighted by Crippen LogP contribution is -2.22. The summed E-state index contributed by atoms with van der Waals surface area (Å²) in [5.41, 5.74) is 3.73. The zero-order valence-electron chi connectivity index (χ0n) is 17.5. The Morgan fingerprint density at radius 1 is 1.15 bits per heavy atom.